The van der Waals surface area contributed by atoms with Gasteiger partial charge in [0.15, 0.2) is 6.29 Å². The molecular weight excluding hydrogens is 729 g/mol. The number of hydrogen-bond donors (Lipinski definition) is 4. The van der Waals surface area contributed by atoms with Crippen molar-refractivity contribution in [3.63, 3.8) is 0 Å². The number of rotatable bonds is 38. The second-order valence-corrected chi connectivity index (χ2v) is 16.3. The third-order valence-corrected chi connectivity index (χ3v) is 10.6. The molecule has 326 valence electrons. The fraction of sp³-hybridized carbons (Fsp3) is 0.929. The molecule has 55 heavy (non-hydrogen) atoms. The summed E-state index contributed by atoms with van der Waals surface area (Å²) in [4.78, 5) is 12.8. The van der Waals surface area contributed by atoms with Gasteiger partial charge in [-0.25, -0.2) is 4.18 Å². The SMILES string of the molecule is CCCCC/C=C\CCCCCCCCOCC(COC1OC(CO)C(O)C(OS(=O)(=O)O)C1O)OC(=O)CCCCCCCCCCCCCCCCC. The predicted octanol–water partition coefficient (Wildman–Crippen LogP) is 8.69. The Morgan fingerprint density at radius 1 is 0.673 bits per heavy atom. The Kier molecular flexibility index (Phi) is 32.9. The molecule has 1 aliphatic heterocycles. The largest absolute Gasteiger partial charge is 0.457 e. The van der Waals surface area contributed by atoms with E-state index in [9.17, 15) is 28.5 Å². The molecule has 1 rings (SSSR count). The van der Waals surface area contributed by atoms with Crippen molar-refractivity contribution in [2.24, 2.45) is 0 Å². The fourth-order valence-electron chi connectivity index (χ4n) is 6.78. The number of aliphatic hydroxyl groups is 3. The maximum absolute atomic E-state index is 12.8. The van der Waals surface area contributed by atoms with Crippen molar-refractivity contribution in [1.82, 2.24) is 0 Å². The molecule has 1 fully saturated rings. The number of aliphatic hydroxyl groups excluding tert-OH is 3. The molecule has 0 aliphatic carbocycles. The predicted molar refractivity (Wildman–Crippen MR) is 216 cm³/mol. The highest BCUT2D eigenvalue weighted by Gasteiger charge is 2.48. The van der Waals surface area contributed by atoms with Gasteiger partial charge in [0.2, 0.25) is 0 Å². The van der Waals surface area contributed by atoms with Crippen LogP contribution in [0, 0.1) is 0 Å². The van der Waals surface area contributed by atoms with Crippen LogP contribution in [0.5, 0.6) is 0 Å². The molecule has 0 aromatic rings. The minimum absolute atomic E-state index is 0.0367. The van der Waals surface area contributed by atoms with Crippen LogP contribution in [0.1, 0.15) is 187 Å². The summed E-state index contributed by atoms with van der Waals surface area (Å²) in [5, 5.41) is 30.6. The summed E-state index contributed by atoms with van der Waals surface area (Å²) in [6.45, 7) is 3.97. The van der Waals surface area contributed by atoms with Crippen LogP contribution >= 0.6 is 0 Å². The quantitative estimate of drug-likeness (QED) is 0.0202. The van der Waals surface area contributed by atoms with Crippen molar-refractivity contribution in [2.45, 2.75) is 224 Å². The first-order chi connectivity index (χ1) is 26.6. The highest BCUT2D eigenvalue weighted by molar-refractivity contribution is 7.80. The number of carbonyl (C=O) groups is 1. The van der Waals surface area contributed by atoms with Crippen molar-refractivity contribution in [3.05, 3.63) is 12.2 Å². The van der Waals surface area contributed by atoms with Gasteiger partial charge in [0.25, 0.3) is 0 Å². The smallest absolute Gasteiger partial charge is 0.397 e. The molecule has 0 saturated carbocycles. The van der Waals surface area contributed by atoms with Crippen LogP contribution in [-0.2, 0) is 38.3 Å². The van der Waals surface area contributed by atoms with E-state index in [1.807, 2.05) is 0 Å². The zero-order valence-corrected chi connectivity index (χ0v) is 35.3. The average molecular weight is 809 g/mol. The summed E-state index contributed by atoms with van der Waals surface area (Å²) >= 11 is 0. The number of esters is 1. The van der Waals surface area contributed by atoms with Gasteiger partial charge in [-0.1, -0.05) is 154 Å². The Labute approximate surface area is 334 Å². The molecule has 0 radical (unpaired) electrons. The van der Waals surface area contributed by atoms with Crippen LogP contribution in [0.3, 0.4) is 0 Å². The Morgan fingerprint density at radius 2 is 1.15 bits per heavy atom. The summed E-state index contributed by atoms with van der Waals surface area (Å²) in [5.74, 6) is -0.399. The Morgan fingerprint density at radius 3 is 1.67 bits per heavy atom. The molecule has 12 nitrogen and oxygen atoms in total. The molecule has 4 N–H and O–H groups in total. The van der Waals surface area contributed by atoms with Gasteiger partial charge in [-0.3, -0.25) is 9.35 Å². The van der Waals surface area contributed by atoms with E-state index < -0.39 is 59.8 Å². The van der Waals surface area contributed by atoms with Crippen molar-refractivity contribution in [1.29, 1.82) is 0 Å². The fourth-order valence-corrected chi connectivity index (χ4v) is 7.29. The molecule has 6 unspecified atom stereocenters. The third kappa shape index (κ3) is 28.8. The number of allylic oxidation sites excluding steroid dienone is 2. The van der Waals surface area contributed by atoms with Crippen LogP contribution < -0.4 is 0 Å². The van der Waals surface area contributed by atoms with Crippen LogP contribution in [0.4, 0.5) is 0 Å². The monoisotopic (exact) mass is 809 g/mol. The number of hydrogen-bond acceptors (Lipinski definition) is 11. The molecular formula is C42H80O12S. The highest BCUT2D eigenvalue weighted by atomic mass is 32.3. The van der Waals surface area contributed by atoms with Gasteiger partial charge >= 0.3 is 16.4 Å². The summed E-state index contributed by atoms with van der Waals surface area (Å²) in [6.07, 6.45) is 26.7. The first-order valence-corrected chi connectivity index (χ1v) is 23.3. The zero-order chi connectivity index (χ0) is 40.4. The van der Waals surface area contributed by atoms with Gasteiger partial charge in [-0.15, -0.1) is 0 Å². The highest BCUT2D eigenvalue weighted by Crippen LogP contribution is 2.26. The van der Waals surface area contributed by atoms with E-state index >= 15 is 0 Å². The van der Waals surface area contributed by atoms with Crippen molar-refractivity contribution in [2.75, 3.05) is 26.4 Å². The van der Waals surface area contributed by atoms with Gasteiger partial charge < -0.3 is 34.3 Å². The Bertz CT molecular complexity index is 1030. The molecule has 0 aromatic carbocycles. The summed E-state index contributed by atoms with van der Waals surface area (Å²) < 4.78 is 59.0. The molecule has 1 aliphatic rings. The lowest BCUT2D eigenvalue weighted by molar-refractivity contribution is -0.301. The molecule has 0 amide bonds. The van der Waals surface area contributed by atoms with Gasteiger partial charge in [0.1, 0.15) is 30.5 Å². The molecule has 0 aromatic heterocycles. The molecule has 13 heteroatoms. The van der Waals surface area contributed by atoms with E-state index in [0.717, 1.165) is 44.9 Å². The second-order valence-electron chi connectivity index (χ2n) is 15.3. The second kappa shape index (κ2) is 34.8. The van der Waals surface area contributed by atoms with E-state index in [1.54, 1.807) is 0 Å². The minimum atomic E-state index is -5.06. The lowest BCUT2D eigenvalue weighted by Crippen LogP contribution is -2.60. The third-order valence-electron chi connectivity index (χ3n) is 10.1. The van der Waals surface area contributed by atoms with Crippen LogP contribution in [0.2, 0.25) is 0 Å². The standard InChI is InChI=1S/C42H80O12S/c1-3-5-7-9-11-13-15-17-18-19-21-23-25-27-29-31-38(44)52-36(34-50-32-30-28-26-24-22-20-16-14-12-10-8-6-4-2)35-51-42-40(46)41(54-55(47,48)49)39(45)37(33-43)53-42/h12,14,36-37,39-43,45-46H,3-11,13,15-35H2,1-2H3,(H,47,48,49)/b14-12-. The van der Waals surface area contributed by atoms with E-state index in [0.29, 0.717) is 13.0 Å². The molecule has 1 heterocycles. The van der Waals surface area contributed by atoms with E-state index in [-0.39, 0.29) is 19.6 Å². The summed E-state index contributed by atoms with van der Waals surface area (Å²) in [7, 11) is -5.06. The van der Waals surface area contributed by atoms with Crippen molar-refractivity contribution >= 4 is 16.4 Å². The van der Waals surface area contributed by atoms with Gasteiger partial charge in [0, 0.05) is 13.0 Å². The van der Waals surface area contributed by atoms with Crippen molar-refractivity contribution < 1.29 is 56.2 Å². The van der Waals surface area contributed by atoms with Gasteiger partial charge in [0.05, 0.1) is 19.8 Å². The molecule has 1 saturated heterocycles. The first kappa shape index (κ1) is 51.9. The number of ether oxygens (including phenoxy) is 4. The normalized spacial score (nSPS) is 21.0. The van der Waals surface area contributed by atoms with Crippen LogP contribution in [-0.4, -0.2) is 97.5 Å². The molecule has 0 spiro atoms. The average Bonchev–Trinajstić information content (AvgIpc) is 3.15. The first-order valence-electron chi connectivity index (χ1n) is 21.9. The summed E-state index contributed by atoms with van der Waals surface area (Å²) in [6, 6.07) is 0. The van der Waals surface area contributed by atoms with Crippen molar-refractivity contribution in [3.8, 4) is 0 Å². The Balaban J connectivity index is 2.44. The van der Waals surface area contributed by atoms with Gasteiger partial charge in [-0.2, -0.15) is 8.42 Å². The van der Waals surface area contributed by atoms with Crippen LogP contribution in [0.25, 0.3) is 0 Å². The van der Waals surface area contributed by atoms with E-state index in [4.69, 9.17) is 23.5 Å². The minimum Gasteiger partial charge on any atom is -0.457 e. The number of unbranched alkanes of at least 4 members (excludes halogenated alkanes) is 23. The lowest BCUT2D eigenvalue weighted by atomic mass is 9.99. The zero-order valence-electron chi connectivity index (χ0n) is 34.5. The lowest BCUT2D eigenvalue weighted by Gasteiger charge is -2.41. The topological polar surface area (TPSA) is 178 Å². The van der Waals surface area contributed by atoms with Crippen LogP contribution in [0.15, 0.2) is 12.2 Å². The van der Waals surface area contributed by atoms with E-state index in [1.165, 1.54) is 116 Å². The molecule has 6 atom stereocenters. The van der Waals surface area contributed by atoms with E-state index in [2.05, 4.69) is 30.2 Å². The maximum Gasteiger partial charge on any atom is 0.397 e. The number of carbonyl (C=O) groups excluding carboxylic acids is 1. The van der Waals surface area contributed by atoms with Gasteiger partial charge in [-0.05, 0) is 38.5 Å². The molecule has 0 bridgehead atoms. The Hall–Kier alpha value is -1.16. The maximum atomic E-state index is 12.8. The summed E-state index contributed by atoms with van der Waals surface area (Å²) in [5.41, 5.74) is 0.